The predicted octanol–water partition coefficient (Wildman–Crippen LogP) is 1.81. The third kappa shape index (κ3) is 9.38. The highest BCUT2D eigenvalue weighted by Crippen LogP contribution is 2.31. The van der Waals surface area contributed by atoms with E-state index >= 15 is 0 Å². The molecule has 11 heteroatoms. The first kappa shape index (κ1) is 24.2. The van der Waals surface area contributed by atoms with E-state index in [0.717, 1.165) is 25.7 Å². The first-order chi connectivity index (χ1) is 12.8. The fourth-order valence-electron chi connectivity index (χ4n) is 2.56. The maximum absolute atomic E-state index is 12.8. The average Bonchev–Trinajstić information content (AvgIpc) is 2.58. The van der Waals surface area contributed by atoms with Crippen LogP contribution in [0.1, 0.15) is 12.5 Å². The number of alkyl halides is 3. The van der Waals surface area contributed by atoms with Crippen molar-refractivity contribution < 1.29 is 30.9 Å². The summed E-state index contributed by atoms with van der Waals surface area (Å²) in [4.78, 5) is 17.0. The highest BCUT2D eigenvalue weighted by atomic mass is 32.2. The van der Waals surface area contributed by atoms with Gasteiger partial charge in [-0.25, -0.2) is 0 Å². The number of carbonyl (C=O) groups is 1. The van der Waals surface area contributed by atoms with Gasteiger partial charge in [-0.2, -0.15) is 21.6 Å². The fourth-order valence-corrected chi connectivity index (χ4v) is 2.56. The van der Waals surface area contributed by atoms with Crippen LogP contribution in [0.4, 0.5) is 18.9 Å². The molecule has 2 rings (SSSR count). The number of likely N-dealkylation sites (N-methyl/N-ethyl adjacent to an activating group) is 1. The number of benzene rings is 1. The van der Waals surface area contributed by atoms with Crippen molar-refractivity contribution in [1.29, 1.82) is 0 Å². The van der Waals surface area contributed by atoms with Crippen molar-refractivity contribution in [1.82, 2.24) is 9.80 Å². The smallest absolute Gasteiger partial charge is 0.369 e. The maximum atomic E-state index is 12.8. The van der Waals surface area contributed by atoms with E-state index in [1.165, 1.54) is 19.1 Å². The van der Waals surface area contributed by atoms with Crippen molar-refractivity contribution in [3.8, 4) is 0 Å². The largest absolute Gasteiger partial charge is 0.416 e. The lowest BCUT2D eigenvalue weighted by molar-refractivity contribution is -0.137. The van der Waals surface area contributed by atoms with E-state index in [1.54, 1.807) is 18.0 Å². The monoisotopic (exact) mass is 425 g/mol. The molecular weight excluding hydrogens is 399 g/mol. The molecule has 1 amide bonds. The molecular formula is C17H26F3N3O4S. The highest BCUT2D eigenvalue weighted by molar-refractivity contribution is 7.85. The topological polar surface area (TPSA) is 81.2 Å². The molecule has 1 N–H and O–H groups in total. The SMILES string of the molecule is CC(=O)N(C)CCN1CCN(c2cccc(C(F)(F)F)c2)CC1.CS(=O)(=O)O. The molecule has 0 unspecified atom stereocenters. The quantitative estimate of drug-likeness (QED) is 0.741. The van der Waals surface area contributed by atoms with Crippen LogP contribution in [-0.4, -0.2) is 81.2 Å². The number of rotatable bonds is 4. The van der Waals surface area contributed by atoms with Gasteiger partial charge in [0.25, 0.3) is 10.1 Å². The summed E-state index contributed by atoms with van der Waals surface area (Å²) in [6.45, 7) is 5.91. The molecule has 1 saturated heterocycles. The summed E-state index contributed by atoms with van der Waals surface area (Å²) in [5.41, 5.74) is 0.000779. The fraction of sp³-hybridized carbons (Fsp3) is 0.588. The zero-order valence-corrected chi connectivity index (χ0v) is 16.9. The van der Waals surface area contributed by atoms with Gasteiger partial charge in [-0.05, 0) is 18.2 Å². The van der Waals surface area contributed by atoms with E-state index in [0.29, 0.717) is 31.6 Å². The summed E-state index contributed by atoms with van der Waals surface area (Å²) >= 11 is 0. The van der Waals surface area contributed by atoms with E-state index < -0.39 is 21.9 Å². The molecule has 1 aliphatic heterocycles. The standard InChI is InChI=1S/C16H22F3N3O.CH4O3S/c1-13(23)20(2)6-7-21-8-10-22(11-9-21)15-5-3-4-14(12-15)16(17,18)19;1-5(2,3)4/h3-5,12H,6-11H2,1-2H3;1H3,(H,2,3,4). The molecule has 1 aromatic rings. The van der Waals surface area contributed by atoms with E-state index in [1.807, 2.05) is 4.90 Å². The zero-order chi connectivity index (χ0) is 21.5. The Morgan fingerprint density at radius 3 is 2.21 bits per heavy atom. The van der Waals surface area contributed by atoms with Crippen molar-refractivity contribution in [3.05, 3.63) is 29.8 Å². The minimum atomic E-state index is -4.31. The molecule has 0 spiro atoms. The van der Waals surface area contributed by atoms with Gasteiger partial charge in [0.1, 0.15) is 0 Å². The molecule has 0 bridgehead atoms. The molecule has 160 valence electrons. The first-order valence-corrected chi connectivity index (χ1v) is 10.4. The van der Waals surface area contributed by atoms with Gasteiger partial charge in [0.15, 0.2) is 0 Å². The normalized spacial score (nSPS) is 15.6. The van der Waals surface area contributed by atoms with Gasteiger partial charge in [0.2, 0.25) is 5.91 Å². The summed E-state index contributed by atoms with van der Waals surface area (Å²) in [6, 6.07) is 5.47. The van der Waals surface area contributed by atoms with Crippen LogP contribution in [0, 0.1) is 0 Å². The first-order valence-electron chi connectivity index (χ1n) is 8.56. The third-order valence-corrected chi connectivity index (χ3v) is 4.20. The van der Waals surface area contributed by atoms with Crippen molar-refractivity contribution in [2.45, 2.75) is 13.1 Å². The molecule has 1 aromatic carbocycles. The summed E-state index contributed by atoms with van der Waals surface area (Å²) in [6.07, 6.45) is -3.60. The molecule has 0 aromatic heterocycles. The van der Waals surface area contributed by atoms with Gasteiger partial charge in [-0.15, -0.1) is 0 Å². The summed E-state index contributed by atoms with van der Waals surface area (Å²) in [7, 11) is -1.90. The second-order valence-electron chi connectivity index (χ2n) is 6.55. The van der Waals surface area contributed by atoms with Crippen molar-refractivity contribution in [3.63, 3.8) is 0 Å². The Balaban J connectivity index is 0.000000696. The minimum Gasteiger partial charge on any atom is -0.369 e. The Morgan fingerprint density at radius 2 is 1.75 bits per heavy atom. The molecule has 0 aliphatic carbocycles. The van der Waals surface area contributed by atoms with Crippen LogP contribution in [0.3, 0.4) is 0 Å². The van der Waals surface area contributed by atoms with Gasteiger partial charge in [-0.3, -0.25) is 14.2 Å². The molecule has 28 heavy (non-hydrogen) atoms. The highest BCUT2D eigenvalue weighted by Gasteiger charge is 2.31. The van der Waals surface area contributed by atoms with Gasteiger partial charge < -0.3 is 9.80 Å². The lowest BCUT2D eigenvalue weighted by atomic mass is 10.1. The maximum Gasteiger partial charge on any atom is 0.416 e. The van der Waals surface area contributed by atoms with Gasteiger partial charge in [-0.1, -0.05) is 6.07 Å². The Hall–Kier alpha value is -1.85. The summed E-state index contributed by atoms with van der Waals surface area (Å²) in [5, 5.41) is 0. The number of halogens is 3. The van der Waals surface area contributed by atoms with E-state index in [4.69, 9.17) is 4.55 Å². The number of hydrogen-bond donors (Lipinski definition) is 1. The van der Waals surface area contributed by atoms with Gasteiger partial charge in [0, 0.05) is 58.9 Å². The Morgan fingerprint density at radius 1 is 1.21 bits per heavy atom. The second-order valence-corrected chi connectivity index (χ2v) is 8.02. The van der Waals surface area contributed by atoms with Crippen LogP contribution in [0.5, 0.6) is 0 Å². The lowest BCUT2D eigenvalue weighted by Crippen LogP contribution is -2.48. The van der Waals surface area contributed by atoms with Crippen LogP contribution in [0.15, 0.2) is 24.3 Å². The molecule has 0 atom stereocenters. The third-order valence-electron chi connectivity index (χ3n) is 4.20. The van der Waals surface area contributed by atoms with Crippen molar-refractivity contribution >= 4 is 21.7 Å². The number of carbonyl (C=O) groups excluding carboxylic acids is 1. The Bertz CT molecular complexity index is 740. The number of anilines is 1. The van der Waals surface area contributed by atoms with Crippen molar-refractivity contribution in [2.24, 2.45) is 0 Å². The Kier molecular flexibility index (Phi) is 8.71. The number of nitrogens with zero attached hydrogens (tertiary/aromatic N) is 3. The molecule has 1 fully saturated rings. The number of amides is 1. The summed E-state index contributed by atoms with van der Waals surface area (Å²) in [5.74, 6) is 0.0348. The van der Waals surface area contributed by atoms with Crippen molar-refractivity contribution in [2.75, 3.05) is 57.5 Å². The van der Waals surface area contributed by atoms with Crippen LogP contribution < -0.4 is 4.90 Å². The number of piperazine rings is 1. The molecule has 0 radical (unpaired) electrons. The zero-order valence-electron chi connectivity index (χ0n) is 16.1. The molecule has 7 nitrogen and oxygen atoms in total. The molecule has 1 heterocycles. The van der Waals surface area contributed by atoms with Crippen LogP contribution >= 0.6 is 0 Å². The van der Waals surface area contributed by atoms with Crippen LogP contribution in [-0.2, 0) is 21.1 Å². The average molecular weight is 425 g/mol. The molecule has 1 aliphatic rings. The van der Waals surface area contributed by atoms with Gasteiger partial charge in [0.05, 0.1) is 11.8 Å². The van der Waals surface area contributed by atoms with E-state index in [2.05, 4.69) is 4.90 Å². The lowest BCUT2D eigenvalue weighted by Gasteiger charge is -2.36. The van der Waals surface area contributed by atoms with E-state index in [-0.39, 0.29) is 5.91 Å². The number of hydrogen-bond acceptors (Lipinski definition) is 5. The van der Waals surface area contributed by atoms with Gasteiger partial charge >= 0.3 is 6.18 Å². The Labute approximate surface area is 163 Å². The predicted molar refractivity (Wildman–Crippen MR) is 101 cm³/mol. The minimum absolute atomic E-state index is 0.0348. The molecule has 0 saturated carbocycles. The van der Waals surface area contributed by atoms with E-state index in [9.17, 15) is 26.4 Å². The second kappa shape index (κ2) is 10.1. The van der Waals surface area contributed by atoms with Crippen LogP contribution in [0.25, 0.3) is 0 Å². The summed E-state index contributed by atoms with van der Waals surface area (Å²) < 4.78 is 64.2. The van der Waals surface area contributed by atoms with Crippen LogP contribution in [0.2, 0.25) is 0 Å².